The molecule has 0 unspecified atom stereocenters. The van der Waals surface area contributed by atoms with Crippen molar-refractivity contribution in [3.8, 4) is 35.3 Å². The number of nitrogens with one attached hydrogen (secondary N) is 1. The van der Waals surface area contributed by atoms with E-state index in [0.29, 0.717) is 51.8 Å². The maximum atomic E-state index is 9.41. The molecule has 0 spiro atoms. The molecule has 0 radical (unpaired) electrons. The minimum absolute atomic E-state index is 0.272. The van der Waals surface area contributed by atoms with Gasteiger partial charge in [0.25, 0.3) is 0 Å². The van der Waals surface area contributed by atoms with E-state index < -0.39 is 0 Å². The number of methoxy groups -OCH3 is 2. The van der Waals surface area contributed by atoms with Gasteiger partial charge < -0.3 is 24.1 Å². The third-order valence-corrected chi connectivity index (χ3v) is 5.83. The van der Waals surface area contributed by atoms with Crippen molar-refractivity contribution >= 4 is 22.7 Å². The summed E-state index contributed by atoms with van der Waals surface area (Å²) in [5.41, 5.74) is 4.07. The van der Waals surface area contributed by atoms with Gasteiger partial charge in [-0.3, -0.25) is 0 Å². The summed E-state index contributed by atoms with van der Waals surface area (Å²) in [6.45, 7) is 0.577. The standard InChI is InChI=1S/C29H22N6O3/c1-36-24-14-21(17-31)15-25(37-2)27(24)38-28-26-23(12-13-35(26)18-20-6-4-3-5-7-20)33-29(34-28)32-22-10-8-19(16-30)9-11-22/h3-15H,18H2,1-2H3,(H,32,33,34). The summed E-state index contributed by atoms with van der Waals surface area (Å²) in [5, 5.41) is 21.7. The van der Waals surface area contributed by atoms with E-state index in [4.69, 9.17) is 29.4 Å². The molecule has 38 heavy (non-hydrogen) atoms. The maximum Gasteiger partial charge on any atom is 0.249 e. The lowest BCUT2D eigenvalue weighted by molar-refractivity contribution is 0.343. The number of rotatable bonds is 8. The maximum absolute atomic E-state index is 9.41. The fourth-order valence-electron chi connectivity index (χ4n) is 4.01. The summed E-state index contributed by atoms with van der Waals surface area (Å²) in [7, 11) is 2.99. The second-order valence-electron chi connectivity index (χ2n) is 8.25. The highest BCUT2D eigenvalue weighted by atomic mass is 16.5. The van der Waals surface area contributed by atoms with Gasteiger partial charge in [0.2, 0.25) is 17.6 Å². The molecule has 0 bridgehead atoms. The lowest BCUT2D eigenvalue weighted by Crippen LogP contribution is -2.05. The van der Waals surface area contributed by atoms with Gasteiger partial charge in [0, 0.05) is 30.6 Å². The number of nitrogens with zero attached hydrogens (tertiary/aromatic N) is 5. The van der Waals surface area contributed by atoms with Crippen molar-refractivity contribution in [2.24, 2.45) is 0 Å². The van der Waals surface area contributed by atoms with Crippen molar-refractivity contribution in [1.82, 2.24) is 14.5 Å². The summed E-state index contributed by atoms with van der Waals surface area (Å²) in [5.74, 6) is 1.52. The molecule has 0 atom stereocenters. The van der Waals surface area contributed by atoms with Crippen molar-refractivity contribution in [3.63, 3.8) is 0 Å². The summed E-state index contributed by atoms with van der Waals surface area (Å²) < 4.78 is 19.4. The highest BCUT2D eigenvalue weighted by Gasteiger charge is 2.21. The van der Waals surface area contributed by atoms with Crippen molar-refractivity contribution in [1.29, 1.82) is 10.5 Å². The average Bonchev–Trinajstić information content (AvgIpc) is 3.36. The molecule has 5 rings (SSSR count). The summed E-state index contributed by atoms with van der Waals surface area (Å²) >= 11 is 0. The zero-order valence-electron chi connectivity index (χ0n) is 20.7. The van der Waals surface area contributed by atoms with E-state index >= 15 is 0 Å². The lowest BCUT2D eigenvalue weighted by Gasteiger charge is -2.16. The smallest absolute Gasteiger partial charge is 0.249 e. The first kappa shape index (κ1) is 24.2. The van der Waals surface area contributed by atoms with Crippen LogP contribution in [0.3, 0.4) is 0 Å². The molecule has 0 aliphatic rings. The van der Waals surface area contributed by atoms with Crippen LogP contribution in [0.5, 0.6) is 23.1 Å². The number of hydrogen-bond acceptors (Lipinski definition) is 8. The molecular weight excluding hydrogens is 480 g/mol. The van der Waals surface area contributed by atoms with Crippen molar-refractivity contribution in [2.75, 3.05) is 19.5 Å². The molecule has 0 saturated heterocycles. The molecule has 3 aromatic carbocycles. The number of ether oxygens (including phenoxy) is 3. The van der Waals surface area contributed by atoms with Crippen LogP contribution in [0, 0.1) is 22.7 Å². The summed E-state index contributed by atoms with van der Waals surface area (Å²) in [6.07, 6.45) is 1.93. The average molecular weight is 503 g/mol. The van der Waals surface area contributed by atoms with Gasteiger partial charge >= 0.3 is 0 Å². The second-order valence-corrected chi connectivity index (χ2v) is 8.25. The van der Waals surface area contributed by atoms with Gasteiger partial charge in [0.15, 0.2) is 11.5 Å². The van der Waals surface area contributed by atoms with Crippen LogP contribution in [-0.2, 0) is 6.54 Å². The lowest BCUT2D eigenvalue weighted by atomic mass is 10.2. The third-order valence-electron chi connectivity index (χ3n) is 5.83. The molecule has 0 aliphatic carbocycles. The predicted octanol–water partition coefficient (Wildman–Crippen LogP) is 5.78. The molecule has 2 heterocycles. The highest BCUT2D eigenvalue weighted by Crippen LogP contribution is 2.42. The van der Waals surface area contributed by atoms with E-state index in [1.807, 2.05) is 47.2 Å². The van der Waals surface area contributed by atoms with Crippen molar-refractivity contribution < 1.29 is 14.2 Å². The number of fused-ring (bicyclic) bond motifs is 1. The van der Waals surface area contributed by atoms with E-state index in [2.05, 4.69) is 17.5 Å². The van der Waals surface area contributed by atoms with E-state index in [9.17, 15) is 5.26 Å². The van der Waals surface area contributed by atoms with Crippen LogP contribution in [-0.4, -0.2) is 28.8 Å². The SMILES string of the molecule is COc1cc(C#N)cc(OC)c1Oc1nc(Nc2ccc(C#N)cc2)nc2ccn(Cc3ccccc3)c12. The van der Waals surface area contributed by atoms with Crippen LogP contribution in [0.1, 0.15) is 16.7 Å². The van der Waals surface area contributed by atoms with Crippen LogP contribution < -0.4 is 19.5 Å². The van der Waals surface area contributed by atoms with Gasteiger partial charge in [-0.25, -0.2) is 4.98 Å². The Morgan fingerprint density at radius 1 is 0.842 bits per heavy atom. The molecule has 186 valence electrons. The fraction of sp³-hybridized carbons (Fsp3) is 0.103. The Balaban J connectivity index is 1.63. The first-order valence-corrected chi connectivity index (χ1v) is 11.6. The van der Waals surface area contributed by atoms with E-state index in [1.54, 1.807) is 36.4 Å². The molecule has 1 N–H and O–H groups in total. The first-order valence-electron chi connectivity index (χ1n) is 11.6. The van der Waals surface area contributed by atoms with E-state index in [-0.39, 0.29) is 11.6 Å². The number of benzene rings is 3. The number of nitriles is 2. The topological polar surface area (TPSA) is 118 Å². The molecule has 9 heteroatoms. The third kappa shape index (κ3) is 4.90. The van der Waals surface area contributed by atoms with Crippen LogP contribution in [0.2, 0.25) is 0 Å². The number of aromatic nitrogens is 3. The van der Waals surface area contributed by atoms with Crippen LogP contribution in [0.4, 0.5) is 11.6 Å². The van der Waals surface area contributed by atoms with Gasteiger partial charge in [-0.1, -0.05) is 30.3 Å². The minimum atomic E-state index is 0.272. The predicted molar refractivity (Wildman–Crippen MR) is 142 cm³/mol. The molecule has 2 aromatic heterocycles. The van der Waals surface area contributed by atoms with Crippen LogP contribution >= 0.6 is 0 Å². The van der Waals surface area contributed by atoms with Crippen LogP contribution in [0.15, 0.2) is 79.0 Å². The number of anilines is 2. The monoisotopic (exact) mass is 502 g/mol. The van der Waals surface area contributed by atoms with Gasteiger partial charge in [-0.15, -0.1) is 0 Å². The molecule has 0 saturated carbocycles. The Morgan fingerprint density at radius 3 is 2.16 bits per heavy atom. The molecule has 5 aromatic rings. The fourth-order valence-corrected chi connectivity index (χ4v) is 4.01. The summed E-state index contributed by atoms with van der Waals surface area (Å²) in [6, 6.07) is 26.3. The Bertz CT molecular complexity index is 1660. The Labute approximate surface area is 219 Å². The van der Waals surface area contributed by atoms with Crippen molar-refractivity contribution in [3.05, 3.63) is 95.7 Å². The van der Waals surface area contributed by atoms with Crippen LogP contribution in [0.25, 0.3) is 11.0 Å². The molecule has 0 fully saturated rings. The normalized spacial score (nSPS) is 10.4. The molecular formula is C29H22N6O3. The van der Waals surface area contributed by atoms with E-state index in [1.165, 1.54) is 14.2 Å². The van der Waals surface area contributed by atoms with Gasteiger partial charge in [-0.05, 0) is 35.9 Å². The molecule has 0 amide bonds. The summed E-state index contributed by atoms with van der Waals surface area (Å²) in [4.78, 5) is 9.39. The zero-order chi connectivity index (χ0) is 26.5. The number of hydrogen-bond donors (Lipinski definition) is 1. The molecule has 9 nitrogen and oxygen atoms in total. The van der Waals surface area contributed by atoms with Gasteiger partial charge in [0.05, 0.1) is 43.0 Å². The Hall–Kier alpha value is -5.54. The highest BCUT2D eigenvalue weighted by molar-refractivity contribution is 5.83. The second kappa shape index (κ2) is 10.6. The zero-order valence-corrected chi connectivity index (χ0v) is 20.7. The van der Waals surface area contributed by atoms with Crippen molar-refractivity contribution in [2.45, 2.75) is 6.54 Å². The first-order chi connectivity index (χ1) is 18.6. The Kier molecular flexibility index (Phi) is 6.75. The molecule has 0 aliphatic heterocycles. The largest absolute Gasteiger partial charge is 0.493 e. The quantitative estimate of drug-likeness (QED) is 0.284. The van der Waals surface area contributed by atoms with Gasteiger partial charge in [0.1, 0.15) is 5.52 Å². The van der Waals surface area contributed by atoms with E-state index in [0.717, 1.165) is 5.56 Å². The van der Waals surface area contributed by atoms with Gasteiger partial charge in [-0.2, -0.15) is 15.5 Å². The minimum Gasteiger partial charge on any atom is -0.493 e. The Morgan fingerprint density at radius 2 is 1.53 bits per heavy atom.